The molecule has 6 atom stereocenters. The number of fused-ring (bicyclic) bond motifs is 4. The van der Waals surface area contributed by atoms with Crippen LogP contribution in [0.5, 0.6) is 0 Å². The summed E-state index contributed by atoms with van der Waals surface area (Å²) >= 11 is 0. The smallest absolute Gasteiger partial charge is 0.174 e. The van der Waals surface area contributed by atoms with Crippen LogP contribution < -0.4 is 0 Å². The lowest BCUT2D eigenvalue weighted by molar-refractivity contribution is -0.271. The van der Waals surface area contributed by atoms with Crippen molar-refractivity contribution in [1.82, 2.24) is 0 Å². The Morgan fingerprint density at radius 2 is 1.53 bits per heavy atom. The van der Waals surface area contributed by atoms with Crippen molar-refractivity contribution in [3.05, 3.63) is 0 Å². The van der Waals surface area contributed by atoms with Crippen LogP contribution >= 0.6 is 0 Å². The average molecular weight is 264 g/mol. The van der Waals surface area contributed by atoms with Gasteiger partial charge in [0.05, 0.1) is 12.2 Å². The van der Waals surface area contributed by atoms with Crippen LogP contribution in [0.25, 0.3) is 0 Å². The molecule has 4 aliphatic rings. The van der Waals surface area contributed by atoms with E-state index in [0.717, 1.165) is 11.8 Å². The van der Waals surface area contributed by atoms with E-state index in [1.165, 1.54) is 51.4 Å². The number of rotatable bonds is 0. The van der Waals surface area contributed by atoms with Crippen LogP contribution in [-0.4, -0.2) is 18.0 Å². The van der Waals surface area contributed by atoms with Gasteiger partial charge in [-0.15, -0.1) is 0 Å². The molecule has 2 bridgehead atoms. The molecule has 1 aliphatic heterocycles. The second-order valence-corrected chi connectivity index (χ2v) is 7.83. The summed E-state index contributed by atoms with van der Waals surface area (Å²) in [5.41, 5.74) is 0. The molecular weight excluding hydrogens is 236 g/mol. The summed E-state index contributed by atoms with van der Waals surface area (Å²) in [5.74, 6) is 2.85. The molecule has 0 aromatic heterocycles. The summed E-state index contributed by atoms with van der Waals surface area (Å²) in [5, 5.41) is 0. The number of ether oxygens (including phenoxy) is 2. The highest BCUT2D eigenvalue weighted by molar-refractivity contribution is 5.01. The van der Waals surface area contributed by atoms with Crippen molar-refractivity contribution in [2.45, 2.75) is 83.2 Å². The first kappa shape index (κ1) is 12.6. The van der Waals surface area contributed by atoms with Crippen molar-refractivity contribution in [1.29, 1.82) is 0 Å². The van der Waals surface area contributed by atoms with Gasteiger partial charge < -0.3 is 9.47 Å². The molecule has 2 nitrogen and oxygen atoms in total. The lowest BCUT2D eigenvalue weighted by atomic mass is 9.62. The van der Waals surface area contributed by atoms with Gasteiger partial charge in [0, 0.05) is 11.8 Å². The highest BCUT2D eigenvalue weighted by Gasteiger charge is 2.59. The zero-order chi connectivity index (χ0) is 13.0. The van der Waals surface area contributed by atoms with Crippen LogP contribution in [0.15, 0.2) is 0 Å². The maximum Gasteiger partial charge on any atom is 0.174 e. The van der Waals surface area contributed by atoms with Crippen LogP contribution in [0.2, 0.25) is 0 Å². The average Bonchev–Trinajstić information content (AvgIpc) is 2.77. The molecule has 6 unspecified atom stereocenters. The third kappa shape index (κ3) is 1.90. The molecular formula is C17H28O2. The molecule has 2 heteroatoms. The molecule has 1 saturated heterocycles. The van der Waals surface area contributed by atoms with Crippen LogP contribution in [0, 0.1) is 23.7 Å². The zero-order valence-corrected chi connectivity index (χ0v) is 12.4. The Hall–Kier alpha value is -0.0800. The largest absolute Gasteiger partial charge is 0.343 e. The zero-order valence-electron chi connectivity index (χ0n) is 12.4. The minimum Gasteiger partial charge on any atom is -0.343 e. The van der Waals surface area contributed by atoms with E-state index in [-0.39, 0.29) is 5.79 Å². The Bertz CT molecular complexity index is 335. The first-order valence-electron chi connectivity index (χ1n) is 8.53. The summed E-state index contributed by atoms with van der Waals surface area (Å²) in [6, 6.07) is 0. The molecule has 1 heterocycles. The fourth-order valence-corrected chi connectivity index (χ4v) is 5.59. The van der Waals surface area contributed by atoms with Crippen molar-refractivity contribution < 1.29 is 9.47 Å². The van der Waals surface area contributed by atoms with E-state index in [1.807, 2.05) is 0 Å². The predicted molar refractivity (Wildman–Crippen MR) is 74.7 cm³/mol. The van der Waals surface area contributed by atoms with E-state index in [1.54, 1.807) is 0 Å². The third-order valence-corrected chi connectivity index (χ3v) is 6.30. The Balaban J connectivity index is 1.61. The molecule has 4 rings (SSSR count). The second-order valence-electron chi connectivity index (χ2n) is 7.83. The number of hydrogen-bond donors (Lipinski definition) is 0. The molecule has 1 spiro atoms. The molecule has 4 fully saturated rings. The van der Waals surface area contributed by atoms with Gasteiger partial charge in [0.1, 0.15) is 0 Å². The standard InChI is InChI=1S/C17H28O2/c1-11-7-13-9-12(2)17(14(8-11)10-13)18-15-5-3-4-6-16(15)19-17/h11-16H,3-10H2,1-2H3. The lowest BCUT2D eigenvalue weighted by Crippen LogP contribution is -2.53. The van der Waals surface area contributed by atoms with Gasteiger partial charge in [0.25, 0.3) is 0 Å². The molecule has 3 saturated carbocycles. The van der Waals surface area contributed by atoms with E-state index in [9.17, 15) is 0 Å². The van der Waals surface area contributed by atoms with Gasteiger partial charge in [-0.2, -0.15) is 0 Å². The molecule has 3 aliphatic carbocycles. The van der Waals surface area contributed by atoms with Gasteiger partial charge in [-0.05, 0) is 50.4 Å². The third-order valence-electron chi connectivity index (χ3n) is 6.30. The molecule has 0 aromatic carbocycles. The quantitative estimate of drug-likeness (QED) is 0.655. The van der Waals surface area contributed by atoms with E-state index in [0.29, 0.717) is 24.0 Å². The van der Waals surface area contributed by atoms with Gasteiger partial charge in [0.15, 0.2) is 5.79 Å². The summed E-state index contributed by atoms with van der Waals surface area (Å²) in [4.78, 5) is 0. The Morgan fingerprint density at radius 3 is 2.21 bits per heavy atom. The lowest BCUT2D eigenvalue weighted by Gasteiger charge is -2.51. The maximum atomic E-state index is 6.62. The maximum absolute atomic E-state index is 6.62. The summed E-state index contributed by atoms with van der Waals surface area (Å²) in [6.45, 7) is 4.80. The number of hydrogen-bond acceptors (Lipinski definition) is 2. The fraction of sp³-hybridized carbons (Fsp3) is 1.00. The van der Waals surface area contributed by atoms with Crippen molar-refractivity contribution in [2.24, 2.45) is 23.7 Å². The highest BCUT2D eigenvalue weighted by Crippen LogP contribution is 2.56. The van der Waals surface area contributed by atoms with Crippen molar-refractivity contribution >= 4 is 0 Å². The minimum atomic E-state index is -0.204. The fourth-order valence-electron chi connectivity index (χ4n) is 5.59. The van der Waals surface area contributed by atoms with Gasteiger partial charge in [-0.1, -0.05) is 26.7 Å². The molecule has 19 heavy (non-hydrogen) atoms. The van der Waals surface area contributed by atoms with Crippen LogP contribution in [0.1, 0.15) is 65.2 Å². The van der Waals surface area contributed by atoms with Gasteiger partial charge in [-0.25, -0.2) is 0 Å². The van der Waals surface area contributed by atoms with Crippen LogP contribution in [0.4, 0.5) is 0 Å². The molecule has 0 aromatic rings. The summed E-state index contributed by atoms with van der Waals surface area (Å²) < 4.78 is 13.2. The van der Waals surface area contributed by atoms with Crippen molar-refractivity contribution in [2.75, 3.05) is 0 Å². The Kier molecular flexibility index (Phi) is 2.97. The first-order chi connectivity index (χ1) is 9.17. The predicted octanol–water partition coefficient (Wildman–Crippen LogP) is 4.13. The monoisotopic (exact) mass is 264 g/mol. The van der Waals surface area contributed by atoms with Gasteiger partial charge in [-0.3, -0.25) is 0 Å². The Morgan fingerprint density at radius 1 is 0.842 bits per heavy atom. The van der Waals surface area contributed by atoms with E-state index in [4.69, 9.17) is 9.47 Å². The second kappa shape index (κ2) is 4.46. The Labute approximate surface area is 117 Å². The summed E-state index contributed by atoms with van der Waals surface area (Å²) in [6.07, 6.45) is 11.4. The minimum absolute atomic E-state index is 0.204. The normalized spacial score (nSPS) is 57.2. The molecule has 0 radical (unpaired) electrons. The molecule has 0 N–H and O–H groups in total. The van der Waals surface area contributed by atoms with E-state index >= 15 is 0 Å². The molecule has 0 amide bonds. The van der Waals surface area contributed by atoms with Gasteiger partial charge >= 0.3 is 0 Å². The van der Waals surface area contributed by atoms with E-state index < -0.39 is 0 Å². The summed E-state index contributed by atoms with van der Waals surface area (Å²) in [7, 11) is 0. The SMILES string of the molecule is CC1CC2CC(C)C3(OC4CCCCC4O3)C(C1)C2. The topological polar surface area (TPSA) is 18.5 Å². The molecule has 108 valence electrons. The highest BCUT2D eigenvalue weighted by atomic mass is 16.8. The van der Waals surface area contributed by atoms with Gasteiger partial charge in [0.2, 0.25) is 0 Å². The van der Waals surface area contributed by atoms with Crippen LogP contribution in [0.3, 0.4) is 0 Å². The first-order valence-corrected chi connectivity index (χ1v) is 8.53. The van der Waals surface area contributed by atoms with E-state index in [2.05, 4.69) is 13.8 Å². The van der Waals surface area contributed by atoms with Crippen molar-refractivity contribution in [3.63, 3.8) is 0 Å². The van der Waals surface area contributed by atoms with Crippen LogP contribution in [-0.2, 0) is 9.47 Å². The van der Waals surface area contributed by atoms with Crippen molar-refractivity contribution in [3.8, 4) is 0 Å².